The number of anilines is 1. The summed E-state index contributed by atoms with van der Waals surface area (Å²) in [5.74, 6) is -1.33. The average molecular weight is 397 g/mol. The van der Waals surface area contributed by atoms with E-state index in [1.165, 1.54) is 13.0 Å². The van der Waals surface area contributed by atoms with Gasteiger partial charge in [-0.1, -0.05) is 35.9 Å². The molecule has 2 aromatic carbocycles. The summed E-state index contributed by atoms with van der Waals surface area (Å²) in [6.45, 7) is 4.71. The third kappa shape index (κ3) is 5.22. The molecule has 1 atom stereocenters. The van der Waals surface area contributed by atoms with Crippen LogP contribution < -0.4 is 5.32 Å². The monoisotopic (exact) mass is 397 g/mol. The minimum Gasteiger partial charge on any atom is -0.451 e. The molecule has 1 heterocycles. The molecule has 0 aliphatic carbocycles. The van der Waals surface area contributed by atoms with Gasteiger partial charge in [-0.25, -0.2) is 9.18 Å². The second-order valence-corrected chi connectivity index (χ2v) is 6.59. The van der Waals surface area contributed by atoms with E-state index in [9.17, 15) is 14.0 Å². The van der Waals surface area contributed by atoms with Crippen molar-refractivity contribution in [2.75, 3.05) is 5.32 Å². The summed E-state index contributed by atoms with van der Waals surface area (Å²) < 4.78 is 18.7. The lowest BCUT2D eigenvalue weighted by Crippen LogP contribution is -2.31. The number of aromatic nitrogens is 4. The summed E-state index contributed by atoms with van der Waals surface area (Å²) in [5, 5.41) is 14.4. The average Bonchev–Trinajstić information content (AvgIpc) is 3.13. The van der Waals surface area contributed by atoms with Crippen molar-refractivity contribution in [3.05, 3.63) is 59.4 Å². The van der Waals surface area contributed by atoms with Crippen molar-refractivity contribution in [1.29, 1.82) is 0 Å². The number of aryl methyl sites for hydroxylation is 2. The maximum absolute atomic E-state index is 13.6. The van der Waals surface area contributed by atoms with Crippen LogP contribution in [0.4, 0.5) is 10.1 Å². The van der Waals surface area contributed by atoms with Crippen molar-refractivity contribution in [1.82, 2.24) is 20.2 Å². The molecule has 0 aliphatic rings. The van der Waals surface area contributed by atoms with Crippen molar-refractivity contribution in [2.45, 2.75) is 33.4 Å². The van der Waals surface area contributed by atoms with E-state index in [1.54, 1.807) is 19.1 Å². The largest absolute Gasteiger partial charge is 0.451 e. The fraction of sp³-hybridized carbons (Fsp3) is 0.250. The molecule has 1 N–H and O–H groups in total. The molecule has 0 fully saturated rings. The van der Waals surface area contributed by atoms with Crippen molar-refractivity contribution >= 4 is 17.6 Å². The Morgan fingerprint density at radius 2 is 1.90 bits per heavy atom. The van der Waals surface area contributed by atoms with Gasteiger partial charge in [0.15, 0.2) is 12.6 Å². The number of nitrogens with one attached hydrogen (secondary N) is 1. The Hall–Kier alpha value is -3.62. The fourth-order valence-corrected chi connectivity index (χ4v) is 2.45. The third-order valence-electron chi connectivity index (χ3n) is 4.15. The molecule has 3 aromatic rings. The van der Waals surface area contributed by atoms with Crippen LogP contribution in [0.15, 0.2) is 42.5 Å². The van der Waals surface area contributed by atoms with Crippen molar-refractivity contribution in [3.8, 4) is 11.4 Å². The third-order valence-corrected chi connectivity index (χ3v) is 4.15. The van der Waals surface area contributed by atoms with Gasteiger partial charge < -0.3 is 10.1 Å². The molecular weight excluding hydrogens is 377 g/mol. The molecule has 0 spiro atoms. The quantitative estimate of drug-likeness (QED) is 0.642. The molecule has 0 unspecified atom stereocenters. The number of carbonyl (C=O) groups is 2. The molecule has 0 bridgehead atoms. The molecule has 1 amide bonds. The molecule has 0 radical (unpaired) electrons. The summed E-state index contributed by atoms with van der Waals surface area (Å²) in [6.07, 6.45) is -1.08. The van der Waals surface area contributed by atoms with E-state index >= 15 is 0 Å². The van der Waals surface area contributed by atoms with Gasteiger partial charge in [0.05, 0.1) is 0 Å². The van der Waals surface area contributed by atoms with Gasteiger partial charge in [-0.3, -0.25) is 4.79 Å². The zero-order valence-corrected chi connectivity index (χ0v) is 16.2. The van der Waals surface area contributed by atoms with Gasteiger partial charge in [0.1, 0.15) is 5.82 Å². The molecule has 150 valence electrons. The maximum Gasteiger partial charge on any atom is 0.330 e. The number of hydrogen-bond donors (Lipinski definition) is 1. The highest BCUT2D eigenvalue weighted by molar-refractivity contribution is 5.95. The molecule has 0 aliphatic heterocycles. The van der Waals surface area contributed by atoms with E-state index in [0.717, 1.165) is 15.9 Å². The molecule has 3 rings (SSSR count). The van der Waals surface area contributed by atoms with E-state index in [0.29, 0.717) is 11.4 Å². The summed E-state index contributed by atoms with van der Waals surface area (Å²) in [6, 6.07) is 11.9. The van der Waals surface area contributed by atoms with E-state index in [1.807, 2.05) is 31.2 Å². The van der Waals surface area contributed by atoms with Gasteiger partial charge in [-0.2, -0.15) is 4.80 Å². The van der Waals surface area contributed by atoms with E-state index in [-0.39, 0.29) is 12.2 Å². The Morgan fingerprint density at radius 3 is 2.59 bits per heavy atom. The van der Waals surface area contributed by atoms with Crippen LogP contribution in [0.25, 0.3) is 11.4 Å². The van der Waals surface area contributed by atoms with Crippen LogP contribution in [0.5, 0.6) is 0 Å². The first-order chi connectivity index (χ1) is 13.8. The molecule has 9 heteroatoms. The number of hydrogen-bond acceptors (Lipinski definition) is 6. The molecular formula is C20H20FN5O3. The van der Waals surface area contributed by atoms with Crippen LogP contribution >= 0.6 is 0 Å². The molecule has 0 saturated carbocycles. The van der Waals surface area contributed by atoms with E-state index in [2.05, 4.69) is 20.7 Å². The summed E-state index contributed by atoms with van der Waals surface area (Å²) >= 11 is 0. The van der Waals surface area contributed by atoms with Crippen molar-refractivity contribution < 1.29 is 18.7 Å². The van der Waals surface area contributed by atoms with Gasteiger partial charge in [0.25, 0.3) is 5.91 Å². The van der Waals surface area contributed by atoms with Crippen LogP contribution in [-0.2, 0) is 20.9 Å². The standard InChI is InChI=1S/C20H20FN5O3/c1-12-4-7-15(8-5-12)19-23-25-26(24-19)11-18(27)29-14(3)20(28)22-16-9-6-13(2)17(21)10-16/h4-10,14H,11H2,1-3H3,(H,22,28)/t14-/m0/s1. The minimum absolute atomic E-state index is 0.279. The first kappa shape index (κ1) is 20.1. The predicted octanol–water partition coefficient (Wildman–Crippen LogP) is 2.67. The predicted molar refractivity (Wildman–Crippen MR) is 103 cm³/mol. The highest BCUT2D eigenvalue weighted by Crippen LogP contribution is 2.15. The SMILES string of the molecule is Cc1ccc(-c2nnn(CC(=O)O[C@@H](C)C(=O)Nc3ccc(C)c(F)c3)n2)cc1. The fourth-order valence-electron chi connectivity index (χ4n) is 2.45. The van der Waals surface area contributed by atoms with Crippen LogP contribution in [0.1, 0.15) is 18.1 Å². The van der Waals surface area contributed by atoms with Gasteiger partial charge in [0.2, 0.25) is 5.82 Å². The Bertz CT molecular complexity index is 1030. The first-order valence-electron chi connectivity index (χ1n) is 8.93. The van der Waals surface area contributed by atoms with Gasteiger partial charge >= 0.3 is 5.97 Å². The molecule has 29 heavy (non-hydrogen) atoms. The normalized spacial score (nSPS) is 11.7. The second kappa shape index (κ2) is 8.59. The van der Waals surface area contributed by atoms with Gasteiger partial charge in [-0.05, 0) is 43.7 Å². The van der Waals surface area contributed by atoms with Crippen LogP contribution in [0.3, 0.4) is 0 Å². The number of amides is 1. The highest BCUT2D eigenvalue weighted by Gasteiger charge is 2.19. The Balaban J connectivity index is 1.55. The Labute approximate surface area is 166 Å². The zero-order chi connectivity index (χ0) is 21.0. The molecule has 0 saturated heterocycles. The Kier molecular flexibility index (Phi) is 5.96. The number of nitrogens with zero attached hydrogens (tertiary/aromatic N) is 4. The molecule has 1 aromatic heterocycles. The lowest BCUT2D eigenvalue weighted by molar-refractivity contribution is -0.154. The Morgan fingerprint density at radius 1 is 1.17 bits per heavy atom. The van der Waals surface area contributed by atoms with E-state index in [4.69, 9.17) is 4.74 Å². The lowest BCUT2D eigenvalue weighted by atomic mass is 10.1. The maximum atomic E-state index is 13.6. The number of halogens is 1. The number of tetrazole rings is 1. The highest BCUT2D eigenvalue weighted by atomic mass is 19.1. The number of esters is 1. The number of rotatable bonds is 6. The van der Waals surface area contributed by atoms with Crippen molar-refractivity contribution in [3.63, 3.8) is 0 Å². The molecule has 8 nitrogen and oxygen atoms in total. The number of ether oxygens (including phenoxy) is 1. The zero-order valence-electron chi connectivity index (χ0n) is 16.2. The van der Waals surface area contributed by atoms with Crippen molar-refractivity contribution in [2.24, 2.45) is 0 Å². The number of carbonyl (C=O) groups excluding carboxylic acids is 2. The summed E-state index contributed by atoms with van der Waals surface area (Å²) in [5.41, 5.74) is 2.62. The van der Waals surface area contributed by atoms with Gasteiger partial charge in [0, 0.05) is 11.3 Å². The smallest absolute Gasteiger partial charge is 0.330 e. The topological polar surface area (TPSA) is 99.0 Å². The summed E-state index contributed by atoms with van der Waals surface area (Å²) in [7, 11) is 0. The first-order valence-corrected chi connectivity index (χ1v) is 8.93. The minimum atomic E-state index is -1.08. The van der Waals surface area contributed by atoms with E-state index < -0.39 is 23.8 Å². The van der Waals surface area contributed by atoms with Crippen LogP contribution in [-0.4, -0.2) is 38.2 Å². The van der Waals surface area contributed by atoms with Crippen LogP contribution in [0.2, 0.25) is 0 Å². The summed E-state index contributed by atoms with van der Waals surface area (Å²) in [4.78, 5) is 25.3. The van der Waals surface area contributed by atoms with Crippen LogP contribution in [0, 0.1) is 19.7 Å². The van der Waals surface area contributed by atoms with Gasteiger partial charge in [-0.15, -0.1) is 10.2 Å². The lowest BCUT2D eigenvalue weighted by Gasteiger charge is -2.13. The second-order valence-electron chi connectivity index (χ2n) is 6.59. The number of benzene rings is 2.